The molecular formula is C26H23F6N3O4. The van der Waals surface area contributed by atoms with Crippen molar-refractivity contribution in [1.29, 1.82) is 0 Å². The summed E-state index contributed by atoms with van der Waals surface area (Å²) >= 11 is 0. The number of aliphatic carboxylic acids is 1. The van der Waals surface area contributed by atoms with Crippen LogP contribution in [-0.4, -0.2) is 44.9 Å². The molecule has 0 unspecified atom stereocenters. The Morgan fingerprint density at radius 1 is 0.974 bits per heavy atom. The van der Waals surface area contributed by atoms with Crippen molar-refractivity contribution in [3.05, 3.63) is 53.1 Å². The van der Waals surface area contributed by atoms with E-state index in [1.54, 1.807) is 6.07 Å². The van der Waals surface area contributed by atoms with Gasteiger partial charge in [0.2, 0.25) is 5.82 Å². The van der Waals surface area contributed by atoms with Gasteiger partial charge in [-0.1, -0.05) is 17.3 Å². The van der Waals surface area contributed by atoms with Gasteiger partial charge in [0.1, 0.15) is 5.75 Å². The van der Waals surface area contributed by atoms with E-state index in [4.69, 9.17) is 4.52 Å². The SMILES string of the molecule is O=C(O)C1CCC(N2Cc3ccc(-c4noc(-c5ccc(OCC(F)(F)F)c(C(F)(F)F)c5)n4)cc3C2)CC1. The van der Waals surface area contributed by atoms with E-state index in [9.17, 15) is 36.2 Å². The van der Waals surface area contributed by atoms with Crippen molar-refractivity contribution >= 4 is 5.97 Å². The van der Waals surface area contributed by atoms with E-state index < -0.39 is 36.2 Å². The minimum Gasteiger partial charge on any atom is -0.483 e. The molecule has 0 atom stereocenters. The topological polar surface area (TPSA) is 88.7 Å². The van der Waals surface area contributed by atoms with E-state index in [-0.39, 0.29) is 23.2 Å². The second-order valence-electron chi connectivity index (χ2n) is 9.77. The average molecular weight is 555 g/mol. The Labute approximate surface area is 218 Å². The van der Waals surface area contributed by atoms with Gasteiger partial charge in [0.05, 0.1) is 11.5 Å². The lowest BCUT2D eigenvalue weighted by Gasteiger charge is -2.33. The predicted octanol–water partition coefficient (Wildman–Crippen LogP) is 6.32. The number of hydrogen-bond acceptors (Lipinski definition) is 6. The molecule has 3 aromatic rings. The van der Waals surface area contributed by atoms with Gasteiger partial charge in [0.15, 0.2) is 6.61 Å². The summed E-state index contributed by atoms with van der Waals surface area (Å²) < 4.78 is 87.5. The van der Waals surface area contributed by atoms with Crippen LogP contribution in [0.5, 0.6) is 5.75 Å². The van der Waals surface area contributed by atoms with E-state index >= 15 is 0 Å². The van der Waals surface area contributed by atoms with Gasteiger partial charge in [-0.3, -0.25) is 9.69 Å². The Bertz CT molecular complexity index is 1360. The third kappa shape index (κ3) is 6.02. The molecule has 2 aliphatic rings. The second kappa shape index (κ2) is 10.2. The summed E-state index contributed by atoms with van der Waals surface area (Å²) in [6.07, 6.45) is -6.85. The molecule has 2 heterocycles. The zero-order valence-electron chi connectivity index (χ0n) is 20.3. The summed E-state index contributed by atoms with van der Waals surface area (Å²) in [5.74, 6) is -2.07. The molecule has 1 aromatic heterocycles. The number of benzene rings is 2. The molecule has 1 aliphatic carbocycles. The highest BCUT2D eigenvalue weighted by atomic mass is 19.4. The number of halogens is 6. The Hall–Kier alpha value is -3.61. The number of aromatic nitrogens is 2. The molecule has 2 aromatic carbocycles. The first-order valence-corrected chi connectivity index (χ1v) is 12.2. The van der Waals surface area contributed by atoms with Crippen molar-refractivity contribution in [2.75, 3.05) is 6.61 Å². The quantitative estimate of drug-likeness (QED) is 0.356. The molecule has 0 spiro atoms. The Balaban J connectivity index is 1.32. The van der Waals surface area contributed by atoms with Crippen molar-refractivity contribution in [2.45, 2.75) is 57.2 Å². The number of carbonyl (C=O) groups is 1. The van der Waals surface area contributed by atoms with Gasteiger partial charge in [-0.25, -0.2) is 0 Å². The zero-order chi connectivity index (χ0) is 27.9. The molecule has 1 N–H and O–H groups in total. The summed E-state index contributed by atoms with van der Waals surface area (Å²) in [6.45, 7) is -0.456. The fraction of sp³-hybridized carbons (Fsp3) is 0.423. The van der Waals surface area contributed by atoms with Crippen molar-refractivity contribution in [3.63, 3.8) is 0 Å². The highest BCUT2D eigenvalue weighted by Gasteiger charge is 2.37. The van der Waals surface area contributed by atoms with Crippen LogP contribution >= 0.6 is 0 Å². The van der Waals surface area contributed by atoms with Crippen LogP contribution in [0.4, 0.5) is 26.3 Å². The van der Waals surface area contributed by atoms with Crippen LogP contribution in [0.25, 0.3) is 22.8 Å². The zero-order valence-corrected chi connectivity index (χ0v) is 20.3. The first-order valence-electron chi connectivity index (χ1n) is 12.2. The number of hydrogen-bond donors (Lipinski definition) is 1. The van der Waals surface area contributed by atoms with E-state index in [1.165, 1.54) is 0 Å². The molecule has 7 nitrogen and oxygen atoms in total. The summed E-state index contributed by atoms with van der Waals surface area (Å²) in [4.78, 5) is 17.8. The van der Waals surface area contributed by atoms with Crippen LogP contribution in [0.2, 0.25) is 0 Å². The molecule has 0 bridgehead atoms. The number of rotatable bonds is 6. The third-order valence-corrected chi connectivity index (χ3v) is 7.12. The first kappa shape index (κ1) is 27.0. The van der Waals surface area contributed by atoms with Crippen LogP contribution in [-0.2, 0) is 24.1 Å². The molecule has 39 heavy (non-hydrogen) atoms. The van der Waals surface area contributed by atoms with Gasteiger partial charge in [0.25, 0.3) is 5.89 Å². The van der Waals surface area contributed by atoms with Crippen molar-refractivity contribution in [3.8, 4) is 28.6 Å². The highest BCUT2D eigenvalue weighted by Crippen LogP contribution is 2.40. The number of fused-ring (bicyclic) bond motifs is 1. The molecule has 208 valence electrons. The normalized spacial score (nSPS) is 20.2. The molecule has 0 amide bonds. The molecule has 5 rings (SSSR count). The molecule has 0 saturated heterocycles. The van der Waals surface area contributed by atoms with Gasteiger partial charge < -0.3 is 14.4 Å². The number of alkyl halides is 6. The number of ether oxygens (including phenoxy) is 1. The summed E-state index contributed by atoms with van der Waals surface area (Å²) in [6, 6.07) is 8.43. The Kier molecular flexibility index (Phi) is 7.04. The lowest BCUT2D eigenvalue weighted by Crippen LogP contribution is -2.35. The third-order valence-electron chi connectivity index (χ3n) is 7.12. The largest absolute Gasteiger partial charge is 0.483 e. The van der Waals surface area contributed by atoms with Gasteiger partial charge in [0, 0.05) is 30.3 Å². The molecular weight excluding hydrogens is 532 g/mol. The standard InChI is InChI=1S/C26H23F6N3O4/c27-25(28,29)13-38-21-8-5-16(10-20(21)26(30,31)32)23-33-22(34-39-23)15-1-2-17-11-35(12-18(17)9-15)19-6-3-14(4-7-19)24(36)37/h1-2,5,8-10,14,19H,3-4,6-7,11-13H2,(H,36,37). The number of nitrogens with zero attached hydrogens (tertiary/aromatic N) is 3. The first-order chi connectivity index (χ1) is 18.4. The molecule has 1 fully saturated rings. The van der Waals surface area contributed by atoms with E-state index in [0.29, 0.717) is 37.1 Å². The highest BCUT2D eigenvalue weighted by molar-refractivity contribution is 5.70. The molecule has 1 saturated carbocycles. The number of carboxylic acid groups (broad SMARTS) is 1. The molecule has 13 heteroatoms. The smallest absolute Gasteiger partial charge is 0.422 e. The van der Waals surface area contributed by atoms with E-state index in [1.807, 2.05) is 12.1 Å². The fourth-order valence-corrected chi connectivity index (χ4v) is 5.13. The van der Waals surface area contributed by atoms with Crippen LogP contribution in [0, 0.1) is 5.92 Å². The summed E-state index contributed by atoms with van der Waals surface area (Å²) in [7, 11) is 0. The van der Waals surface area contributed by atoms with E-state index in [2.05, 4.69) is 19.8 Å². The summed E-state index contributed by atoms with van der Waals surface area (Å²) in [5.41, 5.74) is 1.25. The average Bonchev–Trinajstić information content (AvgIpc) is 3.54. The van der Waals surface area contributed by atoms with Crippen LogP contribution in [0.3, 0.4) is 0 Å². The fourth-order valence-electron chi connectivity index (χ4n) is 5.13. The van der Waals surface area contributed by atoms with Crippen LogP contribution in [0.1, 0.15) is 42.4 Å². The maximum atomic E-state index is 13.5. The van der Waals surface area contributed by atoms with Crippen molar-refractivity contribution in [1.82, 2.24) is 15.0 Å². The van der Waals surface area contributed by atoms with Gasteiger partial charge >= 0.3 is 18.3 Å². The van der Waals surface area contributed by atoms with Crippen molar-refractivity contribution in [2.24, 2.45) is 5.92 Å². The number of carboxylic acids is 1. The maximum Gasteiger partial charge on any atom is 0.422 e. The monoisotopic (exact) mass is 555 g/mol. The lowest BCUT2D eigenvalue weighted by molar-refractivity contribution is -0.158. The van der Waals surface area contributed by atoms with Crippen LogP contribution in [0.15, 0.2) is 40.9 Å². The molecule has 1 aliphatic heterocycles. The lowest BCUT2D eigenvalue weighted by atomic mass is 9.85. The molecule has 0 radical (unpaired) electrons. The predicted molar refractivity (Wildman–Crippen MR) is 124 cm³/mol. The van der Waals surface area contributed by atoms with Crippen molar-refractivity contribution < 1.29 is 45.5 Å². The maximum absolute atomic E-state index is 13.5. The van der Waals surface area contributed by atoms with Gasteiger partial charge in [-0.05, 0) is 61.1 Å². The Morgan fingerprint density at radius 2 is 1.67 bits per heavy atom. The Morgan fingerprint density at radius 3 is 2.33 bits per heavy atom. The second-order valence-corrected chi connectivity index (χ2v) is 9.77. The van der Waals surface area contributed by atoms with E-state index in [0.717, 1.165) is 42.6 Å². The minimum atomic E-state index is -4.97. The van der Waals surface area contributed by atoms with Gasteiger partial charge in [-0.15, -0.1) is 0 Å². The van der Waals surface area contributed by atoms with Crippen LogP contribution < -0.4 is 4.74 Å². The minimum absolute atomic E-state index is 0.121. The van der Waals surface area contributed by atoms with Gasteiger partial charge in [-0.2, -0.15) is 31.3 Å². The summed E-state index contributed by atoms with van der Waals surface area (Å²) in [5, 5.41) is 13.1.